The van der Waals surface area contributed by atoms with E-state index in [1.54, 1.807) is 0 Å². The fourth-order valence-corrected chi connectivity index (χ4v) is 6.75. The molecule has 0 aromatic heterocycles. The van der Waals surface area contributed by atoms with E-state index in [4.69, 9.17) is 0 Å². The first-order valence-electron chi connectivity index (χ1n) is 11.2. The van der Waals surface area contributed by atoms with E-state index in [0.29, 0.717) is 28.5 Å². The second kappa shape index (κ2) is 10.8. The topological polar surface area (TPSA) is 58.2 Å². The van der Waals surface area contributed by atoms with Crippen LogP contribution in [0.2, 0.25) is 0 Å². The SMILES string of the molecule is C/C(NCc1ccccc1)=C(/C(=O)Nc1ccccc1)P(=O)(c1ccccc1)c1ccccc1. The Labute approximate surface area is 200 Å². The van der Waals surface area contributed by atoms with Crippen LogP contribution in [-0.4, -0.2) is 5.91 Å². The number of carbonyl (C=O) groups is 1. The number of hydrogen-bond acceptors (Lipinski definition) is 3. The Morgan fingerprint density at radius 3 is 1.62 bits per heavy atom. The number of hydrogen-bond donors (Lipinski definition) is 2. The van der Waals surface area contributed by atoms with Gasteiger partial charge in [0.2, 0.25) is 0 Å². The third-order valence-electron chi connectivity index (χ3n) is 5.56. The second-order valence-electron chi connectivity index (χ2n) is 7.91. The molecule has 34 heavy (non-hydrogen) atoms. The number of benzene rings is 4. The van der Waals surface area contributed by atoms with Crippen LogP contribution in [-0.2, 0) is 15.9 Å². The summed E-state index contributed by atoms with van der Waals surface area (Å²) in [6, 6.07) is 37.6. The Hall–Kier alpha value is -3.88. The van der Waals surface area contributed by atoms with E-state index < -0.39 is 7.14 Å². The summed E-state index contributed by atoms with van der Waals surface area (Å²) in [5.74, 6) is -0.389. The minimum absolute atomic E-state index is 0.240. The summed E-state index contributed by atoms with van der Waals surface area (Å²) in [7, 11) is -3.50. The fraction of sp³-hybridized carbons (Fsp3) is 0.0690. The zero-order chi connectivity index (χ0) is 23.8. The van der Waals surface area contributed by atoms with Crippen LogP contribution < -0.4 is 21.2 Å². The van der Waals surface area contributed by atoms with Crippen LogP contribution in [0.25, 0.3) is 0 Å². The lowest BCUT2D eigenvalue weighted by atomic mass is 10.2. The highest BCUT2D eigenvalue weighted by molar-refractivity contribution is 7.83. The normalized spacial score (nSPS) is 11.9. The van der Waals surface area contributed by atoms with Gasteiger partial charge in [-0.15, -0.1) is 0 Å². The molecule has 0 aliphatic heterocycles. The molecule has 0 aliphatic carbocycles. The third kappa shape index (κ3) is 5.19. The maximum atomic E-state index is 15.0. The van der Waals surface area contributed by atoms with E-state index in [-0.39, 0.29) is 11.2 Å². The highest BCUT2D eigenvalue weighted by Gasteiger charge is 2.38. The van der Waals surface area contributed by atoms with E-state index in [1.165, 1.54) is 0 Å². The van der Waals surface area contributed by atoms with Crippen molar-refractivity contribution in [2.45, 2.75) is 13.5 Å². The zero-order valence-electron chi connectivity index (χ0n) is 19.0. The van der Waals surface area contributed by atoms with Gasteiger partial charge in [-0.2, -0.15) is 0 Å². The minimum atomic E-state index is -3.50. The highest BCUT2D eigenvalue weighted by atomic mass is 31.2. The van der Waals surface area contributed by atoms with Gasteiger partial charge in [0.05, 0.1) is 0 Å². The molecule has 0 saturated heterocycles. The molecular weight excluding hydrogens is 439 g/mol. The lowest BCUT2D eigenvalue weighted by Gasteiger charge is -2.25. The predicted molar refractivity (Wildman–Crippen MR) is 141 cm³/mol. The molecule has 0 saturated carbocycles. The maximum Gasteiger partial charge on any atom is 0.261 e. The monoisotopic (exact) mass is 466 g/mol. The van der Waals surface area contributed by atoms with Crippen molar-refractivity contribution in [3.05, 3.63) is 138 Å². The third-order valence-corrected chi connectivity index (χ3v) is 8.78. The summed E-state index contributed by atoms with van der Waals surface area (Å²) >= 11 is 0. The van der Waals surface area contributed by atoms with Gasteiger partial charge < -0.3 is 15.2 Å². The molecular formula is C29H27N2O2P. The molecule has 1 amide bonds. The van der Waals surface area contributed by atoms with Gasteiger partial charge in [-0.3, -0.25) is 4.79 Å². The quantitative estimate of drug-likeness (QED) is 0.260. The summed E-state index contributed by atoms with van der Waals surface area (Å²) in [6.07, 6.45) is 0. The van der Waals surface area contributed by atoms with Crippen LogP contribution in [0.3, 0.4) is 0 Å². The van der Waals surface area contributed by atoms with E-state index in [0.717, 1.165) is 5.56 Å². The molecule has 0 bridgehead atoms. The van der Waals surface area contributed by atoms with E-state index in [9.17, 15) is 4.79 Å². The van der Waals surface area contributed by atoms with Crippen molar-refractivity contribution in [1.82, 2.24) is 5.32 Å². The first-order chi connectivity index (χ1) is 16.6. The van der Waals surface area contributed by atoms with Crippen LogP contribution in [0.15, 0.2) is 132 Å². The number of nitrogens with one attached hydrogen (secondary N) is 2. The minimum Gasteiger partial charge on any atom is -0.384 e. The van der Waals surface area contributed by atoms with Crippen molar-refractivity contribution in [3.8, 4) is 0 Å². The summed E-state index contributed by atoms with van der Waals surface area (Å²) in [5, 5.41) is 7.78. The Bertz CT molecular complexity index is 1260. The van der Waals surface area contributed by atoms with Gasteiger partial charge in [0.1, 0.15) is 5.31 Å². The van der Waals surface area contributed by atoms with E-state index in [2.05, 4.69) is 10.6 Å². The molecule has 0 heterocycles. The van der Waals surface area contributed by atoms with E-state index >= 15 is 4.57 Å². The number of anilines is 1. The first-order valence-corrected chi connectivity index (χ1v) is 12.9. The zero-order valence-corrected chi connectivity index (χ0v) is 19.9. The van der Waals surface area contributed by atoms with Crippen LogP contribution in [0, 0.1) is 0 Å². The molecule has 5 heteroatoms. The summed E-state index contributed by atoms with van der Waals surface area (Å²) in [5.41, 5.74) is 2.29. The molecule has 0 aliphatic rings. The molecule has 4 nitrogen and oxygen atoms in total. The van der Waals surface area contributed by atoms with Crippen molar-refractivity contribution < 1.29 is 9.36 Å². The smallest absolute Gasteiger partial charge is 0.261 e. The molecule has 0 spiro atoms. The Morgan fingerprint density at radius 2 is 1.12 bits per heavy atom. The van der Waals surface area contributed by atoms with Crippen molar-refractivity contribution in [2.24, 2.45) is 0 Å². The molecule has 4 aromatic carbocycles. The van der Waals surface area contributed by atoms with Gasteiger partial charge in [-0.1, -0.05) is 109 Å². The molecule has 4 aromatic rings. The average Bonchev–Trinajstić information content (AvgIpc) is 2.89. The lowest BCUT2D eigenvalue weighted by Crippen LogP contribution is -2.28. The van der Waals surface area contributed by atoms with E-state index in [1.807, 2.05) is 128 Å². The van der Waals surface area contributed by atoms with Gasteiger partial charge in [-0.05, 0) is 24.6 Å². The predicted octanol–water partition coefficient (Wildman–Crippen LogP) is 5.66. The van der Waals surface area contributed by atoms with Gasteiger partial charge >= 0.3 is 0 Å². The molecule has 2 N–H and O–H groups in total. The molecule has 170 valence electrons. The Balaban J connectivity index is 1.85. The largest absolute Gasteiger partial charge is 0.384 e. The van der Waals surface area contributed by atoms with Crippen molar-refractivity contribution >= 4 is 29.3 Å². The second-order valence-corrected chi connectivity index (χ2v) is 10.6. The number of rotatable bonds is 8. The van der Waals surface area contributed by atoms with Crippen molar-refractivity contribution in [3.63, 3.8) is 0 Å². The maximum absolute atomic E-state index is 15.0. The van der Waals surface area contributed by atoms with Crippen LogP contribution in [0.5, 0.6) is 0 Å². The molecule has 4 rings (SSSR count). The lowest BCUT2D eigenvalue weighted by molar-refractivity contribution is -0.112. The standard InChI is InChI=1S/C29H27N2O2P/c1-23(30-22-24-14-6-2-7-15-24)28(29(32)31-25-16-8-3-9-17-25)34(33,26-18-10-4-11-19-26)27-20-12-5-13-21-27/h2-21,30H,22H2,1H3,(H,31,32)/b28-23+. The number of amides is 1. The number of para-hydroxylation sites is 1. The van der Waals surface area contributed by atoms with Gasteiger partial charge in [0.25, 0.3) is 5.91 Å². The first kappa shape index (κ1) is 23.3. The Morgan fingerprint density at radius 1 is 0.676 bits per heavy atom. The summed E-state index contributed by atoms with van der Waals surface area (Å²) in [6.45, 7) is 2.33. The van der Waals surface area contributed by atoms with Crippen LogP contribution >= 0.6 is 7.14 Å². The fourth-order valence-electron chi connectivity index (χ4n) is 3.86. The summed E-state index contributed by atoms with van der Waals surface area (Å²) < 4.78 is 15.0. The number of allylic oxidation sites excluding steroid dienone is 1. The molecule has 0 fully saturated rings. The molecule has 0 atom stereocenters. The number of carbonyl (C=O) groups excluding carboxylic acids is 1. The van der Waals surface area contributed by atoms with Crippen LogP contribution in [0.1, 0.15) is 12.5 Å². The molecule has 0 unspecified atom stereocenters. The van der Waals surface area contributed by atoms with Gasteiger partial charge in [0.15, 0.2) is 7.14 Å². The molecule has 0 radical (unpaired) electrons. The summed E-state index contributed by atoms with van der Waals surface area (Å²) in [4.78, 5) is 13.8. The van der Waals surface area contributed by atoms with Crippen molar-refractivity contribution in [2.75, 3.05) is 5.32 Å². The average molecular weight is 467 g/mol. The Kier molecular flexibility index (Phi) is 7.41. The van der Waals surface area contributed by atoms with Crippen molar-refractivity contribution in [1.29, 1.82) is 0 Å². The highest BCUT2D eigenvalue weighted by Crippen LogP contribution is 2.53. The van der Waals surface area contributed by atoms with Crippen LogP contribution in [0.4, 0.5) is 5.69 Å². The van der Waals surface area contributed by atoms with Gasteiger partial charge in [-0.25, -0.2) is 0 Å². The van der Waals surface area contributed by atoms with Gasteiger partial charge in [0, 0.05) is 28.5 Å².